The van der Waals surface area contributed by atoms with Crippen LogP contribution in [0.3, 0.4) is 0 Å². The zero-order valence-electron chi connectivity index (χ0n) is 12.5. The van der Waals surface area contributed by atoms with Crippen molar-refractivity contribution in [1.82, 2.24) is 0 Å². The zero-order valence-corrected chi connectivity index (χ0v) is 12.5. The summed E-state index contributed by atoms with van der Waals surface area (Å²) in [6.07, 6.45) is -5.45. The number of hydrogen-bond donors (Lipinski definition) is 4. The molecule has 0 aliphatic carbocycles. The van der Waals surface area contributed by atoms with Crippen LogP contribution in [-0.4, -0.2) is 69.7 Å². The number of esters is 2. The van der Waals surface area contributed by atoms with E-state index in [4.69, 9.17) is 9.47 Å². The second kappa shape index (κ2) is 9.58. The molecule has 1 fully saturated rings. The van der Waals surface area contributed by atoms with E-state index in [0.29, 0.717) is 12.8 Å². The third kappa shape index (κ3) is 6.24. The first-order valence-electron chi connectivity index (χ1n) is 7.20. The lowest BCUT2D eigenvalue weighted by Crippen LogP contribution is -2.58. The molecule has 0 amide bonds. The van der Waals surface area contributed by atoms with Crippen LogP contribution < -0.4 is 0 Å². The Morgan fingerprint density at radius 3 is 2.22 bits per heavy atom. The number of aliphatic hydroxyl groups is 4. The fourth-order valence-corrected chi connectivity index (χ4v) is 2.01. The fraction of sp³-hybridized carbons (Fsp3) is 0.714. The van der Waals surface area contributed by atoms with Crippen LogP contribution >= 0.6 is 0 Å². The van der Waals surface area contributed by atoms with Crippen LogP contribution in [0, 0.1) is 0 Å². The first kappa shape index (κ1) is 19.5. The maximum Gasteiger partial charge on any atom is 0.310 e. The van der Waals surface area contributed by atoms with E-state index < -0.39 is 42.6 Å². The summed E-state index contributed by atoms with van der Waals surface area (Å²) in [5.74, 6) is -1.01. The summed E-state index contributed by atoms with van der Waals surface area (Å²) in [5.41, 5.74) is 0. The van der Waals surface area contributed by atoms with Gasteiger partial charge in [0.2, 0.25) is 0 Å². The van der Waals surface area contributed by atoms with Crippen LogP contribution in [-0.2, 0) is 23.8 Å². The van der Waals surface area contributed by atoms with E-state index >= 15 is 0 Å². The summed E-state index contributed by atoms with van der Waals surface area (Å²) < 4.78 is 14.3. The highest BCUT2D eigenvalue weighted by molar-refractivity contribution is 5.70. The van der Waals surface area contributed by atoms with Gasteiger partial charge in [0.15, 0.2) is 6.29 Å². The average molecular weight is 334 g/mol. The Kier molecular flexibility index (Phi) is 8.13. The van der Waals surface area contributed by atoms with Crippen molar-refractivity contribution in [2.45, 2.75) is 56.4 Å². The quantitative estimate of drug-likeness (QED) is 0.239. The maximum absolute atomic E-state index is 11.5. The third-order valence-corrected chi connectivity index (χ3v) is 3.32. The molecule has 0 aromatic heterocycles. The summed E-state index contributed by atoms with van der Waals surface area (Å²) in [7, 11) is 0. The Morgan fingerprint density at radius 1 is 1.00 bits per heavy atom. The topological polar surface area (TPSA) is 143 Å². The Bertz CT molecular complexity index is 411. The highest BCUT2D eigenvalue weighted by atomic mass is 16.6. The van der Waals surface area contributed by atoms with Gasteiger partial charge in [0.1, 0.15) is 31.0 Å². The molecule has 9 heteroatoms. The van der Waals surface area contributed by atoms with Gasteiger partial charge in [0.05, 0.1) is 6.26 Å². The number of ether oxygens (including phenoxy) is 3. The third-order valence-electron chi connectivity index (χ3n) is 3.32. The number of aliphatic hydroxyl groups excluding tert-OH is 4. The highest BCUT2D eigenvalue weighted by Crippen LogP contribution is 2.20. The zero-order chi connectivity index (χ0) is 17.4. The predicted molar refractivity (Wildman–Crippen MR) is 74.6 cm³/mol. The molecule has 132 valence electrons. The number of unbranched alkanes of at least 4 members (excludes halogenated alkanes) is 1. The van der Waals surface area contributed by atoms with Crippen molar-refractivity contribution in [3.05, 3.63) is 12.8 Å². The summed E-state index contributed by atoms with van der Waals surface area (Å²) in [5, 5.41) is 37.8. The van der Waals surface area contributed by atoms with Crippen molar-refractivity contribution in [3.63, 3.8) is 0 Å². The van der Waals surface area contributed by atoms with Crippen molar-refractivity contribution in [3.8, 4) is 0 Å². The van der Waals surface area contributed by atoms with Gasteiger partial charge in [-0.15, -0.1) is 0 Å². The summed E-state index contributed by atoms with van der Waals surface area (Å²) in [6.45, 7) is 2.87. The number of carbonyl (C=O) groups excluding carboxylic acids is 2. The van der Waals surface area contributed by atoms with E-state index in [0.717, 1.165) is 6.26 Å². The van der Waals surface area contributed by atoms with Gasteiger partial charge in [-0.05, 0) is 12.8 Å². The standard InChI is InChI=1S/C14H22O9/c1-2-21-9(15)5-3-4-6-10(16)22-7-8-11(17)12(18)13(19)14(20)23-8/h2,8,11-14,17-20H,1,3-7H2/t8-,11-,12-,13-,14?/m1/s1. The van der Waals surface area contributed by atoms with Gasteiger partial charge < -0.3 is 34.6 Å². The normalized spacial score (nSPS) is 30.5. The second-order valence-electron chi connectivity index (χ2n) is 5.08. The molecular weight excluding hydrogens is 312 g/mol. The molecule has 0 aromatic carbocycles. The van der Waals surface area contributed by atoms with E-state index in [-0.39, 0.29) is 19.4 Å². The smallest absolute Gasteiger partial charge is 0.310 e. The maximum atomic E-state index is 11.5. The van der Waals surface area contributed by atoms with Crippen molar-refractivity contribution in [1.29, 1.82) is 0 Å². The van der Waals surface area contributed by atoms with E-state index in [1.807, 2.05) is 0 Å². The van der Waals surface area contributed by atoms with Crippen molar-refractivity contribution in [2.24, 2.45) is 0 Å². The van der Waals surface area contributed by atoms with Gasteiger partial charge in [-0.2, -0.15) is 0 Å². The summed E-state index contributed by atoms with van der Waals surface area (Å²) in [6, 6.07) is 0. The highest BCUT2D eigenvalue weighted by Gasteiger charge is 2.43. The first-order chi connectivity index (χ1) is 10.9. The van der Waals surface area contributed by atoms with E-state index in [1.54, 1.807) is 0 Å². The summed E-state index contributed by atoms with van der Waals surface area (Å²) >= 11 is 0. The lowest BCUT2D eigenvalue weighted by Gasteiger charge is -2.37. The number of hydrogen-bond acceptors (Lipinski definition) is 9. The molecule has 1 unspecified atom stereocenters. The average Bonchev–Trinajstić information content (AvgIpc) is 2.52. The van der Waals surface area contributed by atoms with Gasteiger partial charge in [0, 0.05) is 12.8 Å². The lowest BCUT2D eigenvalue weighted by atomic mass is 9.99. The molecule has 1 aliphatic rings. The minimum absolute atomic E-state index is 0.0535. The van der Waals surface area contributed by atoms with Gasteiger partial charge in [0.25, 0.3) is 0 Å². The monoisotopic (exact) mass is 334 g/mol. The molecule has 1 aliphatic heterocycles. The van der Waals surface area contributed by atoms with E-state index in [2.05, 4.69) is 11.3 Å². The van der Waals surface area contributed by atoms with Crippen LogP contribution in [0.15, 0.2) is 12.8 Å². The van der Waals surface area contributed by atoms with Crippen molar-refractivity contribution in [2.75, 3.05) is 6.61 Å². The van der Waals surface area contributed by atoms with Crippen LogP contribution in [0.4, 0.5) is 0 Å². The molecule has 0 aromatic rings. The number of rotatable bonds is 8. The SMILES string of the molecule is C=COC(=O)CCCCC(=O)OC[C@H]1OC(O)[C@H](O)[C@H](O)[C@@H]1O. The Morgan fingerprint density at radius 2 is 1.61 bits per heavy atom. The molecule has 1 saturated heterocycles. The van der Waals surface area contributed by atoms with Crippen molar-refractivity contribution < 1.29 is 44.2 Å². The molecule has 0 radical (unpaired) electrons. The molecule has 9 nitrogen and oxygen atoms in total. The Balaban J connectivity index is 2.23. The van der Waals surface area contributed by atoms with Crippen molar-refractivity contribution >= 4 is 11.9 Å². The van der Waals surface area contributed by atoms with Gasteiger partial charge >= 0.3 is 11.9 Å². The summed E-state index contributed by atoms with van der Waals surface area (Å²) in [4.78, 5) is 22.5. The fourth-order valence-electron chi connectivity index (χ4n) is 2.01. The Hall–Kier alpha value is -1.52. The molecular formula is C14H22O9. The largest absolute Gasteiger partial charge is 0.463 e. The van der Waals surface area contributed by atoms with E-state index in [9.17, 15) is 30.0 Å². The molecule has 0 bridgehead atoms. The van der Waals surface area contributed by atoms with Gasteiger partial charge in [-0.25, -0.2) is 0 Å². The molecule has 5 atom stereocenters. The predicted octanol–water partition coefficient (Wildman–Crippen LogP) is -1.42. The molecule has 4 N–H and O–H groups in total. The van der Waals surface area contributed by atoms with Crippen LogP contribution in [0.5, 0.6) is 0 Å². The van der Waals surface area contributed by atoms with Gasteiger partial charge in [-0.1, -0.05) is 6.58 Å². The minimum Gasteiger partial charge on any atom is -0.463 e. The molecule has 0 saturated carbocycles. The first-order valence-corrected chi connectivity index (χ1v) is 7.20. The Labute approximate surface area is 133 Å². The second-order valence-corrected chi connectivity index (χ2v) is 5.08. The van der Waals surface area contributed by atoms with Gasteiger partial charge in [-0.3, -0.25) is 9.59 Å². The van der Waals surface area contributed by atoms with Crippen LogP contribution in [0.25, 0.3) is 0 Å². The minimum atomic E-state index is -1.67. The van der Waals surface area contributed by atoms with Crippen LogP contribution in [0.1, 0.15) is 25.7 Å². The molecule has 1 rings (SSSR count). The van der Waals surface area contributed by atoms with Crippen LogP contribution in [0.2, 0.25) is 0 Å². The molecule has 0 spiro atoms. The molecule has 1 heterocycles. The molecule has 23 heavy (non-hydrogen) atoms. The van der Waals surface area contributed by atoms with E-state index in [1.165, 1.54) is 0 Å². The lowest BCUT2D eigenvalue weighted by molar-refractivity contribution is -0.287. The number of carbonyl (C=O) groups is 2.